The quantitative estimate of drug-likeness (QED) is 0.752. The minimum absolute atomic E-state index is 0.191. The van der Waals surface area contributed by atoms with Crippen LogP contribution in [0.2, 0.25) is 0 Å². The molecule has 0 amide bonds. The predicted molar refractivity (Wildman–Crippen MR) is 72.9 cm³/mol. The Morgan fingerprint density at radius 2 is 1.89 bits per heavy atom. The number of carboxylic acids is 1. The molecule has 2 aliphatic heterocycles. The van der Waals surface area contributed by atoms with Gasteiger partial charge in [-0.05, 0) is 57.7 Å². The zero-order chi connectivity index (χ0) is 13.5. The van der Waals surface area contributed by atoms with Crippen LogP contribution in [0.1, 0.15) is 32.1 Å². The molecule has 0 bridgehead atoms. The normalized spacial score (nSPS) is 32.6. The second-order valence-electron chi connectivity index (χ2n) is 6.54. The van der Waals surface area contributed by atoms with Gasteiger partial charge in [0, 0.05) is 19.1 Å². The highest BCUT2D eigenvalue weighted by atomic mass is 16.4. The Bertz CT molecular complexity index is 353. The zero-order valence-electron chi connectivity index (χ0n) is 11.6. The molecule has 2 unspecified atom stereocenters. The van der Waals surface area contributed by atoms with Gasteiger partial charge in [-0.1, -0.05) is 0 Å². The van der Waals surface area contributed by atoms with Gasteiger partial charge in [-0.15, -0.1) is 0 Å². The first-order valence-corrected chi connectivity index (χ1v) is 7.58. The largest absolute Gasteiger partial charge is 0.480 e. The fraction of sp³-hybridized carbons (Fsp3) is 0.929. The third-order valence-electron chi connectivity index (χ3n) is 5.09. The van der Waals surface area contributed by atoms with E-state index in [2.05, 4.69) is 9.80 Å². The molecule has 3 N–H and O–H groups in total. The maximum absolute atomic E-state index is 11.5. The summed E-state index contributed by atoms with van der Waals surface area (Å²) < 4.78 is 0. The van der Waals surface area contributed by atoms with E-state index in [4.69, 9.17) is 5.73 Å². The Labute approximate surface area is 114 Å². The maximum atomic E-state index is 11.5. The maximum Gasteiger partial charge on any atom is 0.325 e. The van der Waals surface area contributed by atoms with Crippen molar-refractivity contribution in [3.63, 3.8) is 0 Å². The lowest BCUT2D eigenvalue weighted by atomic mass is 9.94. The van der Waals surface area contributed by atoms with Crippen LogP contribution in [0.3, 0.4) is 0 Å². The van der Waals surface area contributed by atoms with E-state index in [0.717, 1.165) is 25.9 Å². The number of carboxylic acid groups (broad SMARTS) is 1. The van der Waals surface area contributed by atoms with Gasteiger partial charge in [-0.2, -0.15) is 0 Å². The van der Waals surface area contributed by atoms with Crippen LogP contribution in [-0.4, -0.2) is 65.2 Å². The van der Waals surface area contributed by atoms with E-state index in [1.165, 1.54) is 32.4 Å². The molecule has 2 heterocycles. The summed E-state index contributed by atoms with van der Waals surface area (Å²) in [6.45, 7) is 4.96. The van der Waals surface area contributed by atoms with Gasteiger partial charge in [-0.3, -0.25) is 14.6 Å². The van der Waals surface area contributed by atoms with Crippen LogP contribution >= 0.6 is 0 Å². The number of nitrogens with zero attached hydrogens (tertiary/aromatic N) is 2. The van der Waals surface area contributed by atoms with Gasteiger partial charge >= 0.3 is 5.97 Å². The minimum Gasteiger partial charge on any atom is -0.480 e. The van der Waals surface area contributed by atoms with E-state index < -0.39 is 11.5 Å². The van der Waals surface area contributed by atoms with Crippen molar-refractivity contribution in [3.8, 4) is 0 Å². The first kappa shape index (κ1) is 13.3. The van der Waals surface area contributed by atoms with Gasteiger partial charge in [0.05, 0.1) is 0 Å². The molecule has 2 atom stereocenters. The number of rotatable bonds is 5. The number of nitrogens with two attached hydrogens (primary N) is 1. The fourth-order valence-electron chi connectivity index (χ4n) is 3.70. The summed E-state index contributed by atoms with van der Waals surface area (Å²) in [4.78, 5) is 16.3. The lowest BCUT2D eigenvalue weighted by Gasteiger charge is -2.30. The summed E-state index contributed by atoms with van der Waals surface area (Å²) in [7, 11) is 0. The van der Waals surface area contributed by atoms with Crippen molar-refractivity contribution in [2.45, 2.75) is 43.7 Å². The van der Waals surface area contributed by atoms with Crippen LogP contribution in [0.15, 0.2) is 0 Å². The molecule has 0 radical (unpaired) electrons. The molecule has 3 fully saturated rings. The average molecular weight is 267 g/mol. The summed E-state index contributed by atoms with van der Waals surface area (Å²) in [5.74, 6) is -0.629. The van der Waals surface area contributed by atoms with Gasteiger partial charge in [0.25, 0.3) is 0 Å². The van der Waals surface area contributed by atoms with Crippen LogP contribution in [0.25, 0.3) is 0 Å². The number of hydrogen-bond acceptors (Lipinski definition) is 4. The Kier molecular flexibility index (Phi) is 3.53. The molecule has 5 nitrogen and oxygen atoms in total. The second kappa shape index (κ2) is 5.04. The molecule has 3 rings (SSSR count). The molecular weight excluding hydrogens is 242 g/mol. The van der Waals surface area contributed by atoms with Crippen LogP contribution in [-0.2, 0) is 4.79 Å². The van der Waals surface area contributed by atoms with Gasteiger partial charge in [0.15, 0.2) is 0 Å². The minimum atomic E-state index is -1.01. The van der Waals surface area contributed by atoms with Crippen LogP contribution in [0.4, 0.5) is 0 Å². The van der Waals surface area contributed by atoms with E-state index in [9.17, 15) is 9.90 Å². The molecule has 1 saturated carbocycles. The summed E-state index contributed by atoms with van der Waals surface area (Å²) in [5, 5.41) is 9.42. The lowest BCUT2D eigenvalue weighted by Crippen LogP contribution is -2.57. The van der Waals surface area contributed by atoms with Crippen LogP contribution < -0.4 is 5.73 Å². The Morgan fingerprint density at radius 1 is 1.21 bits per heavy atom. The summed E-state index contributed by atoms with van der Waals surface area (Å²) >= 11 is 0. The van der Waals surface area contributed by atoms with Crippen LogP contribution in [0.5, 0.6) is 0 Å². The van der Waals surface area contributed by atoms with Crippen molar-refractivity contribution in [3.05, 3.63) is 0 Å². The Hall–Kier alpha value is -0.650. The number of aliphatic carboxylic acids is 1. The van der Waals surface area contributed by atoms with Crippen molar-refractivity contribution in [1.29, 1.82) is 0 Å². The number of carbonyl (C=O) groups is 1. The molecule has 108 valence electrons. The topological polar surface area (TPSA) is 69.8 Å². The highest BCUT2D eigenvalue weighted by molar-refractivity contribution is 5.79. The summed E-state index contributed by atoms with van der Waals surface area (Å²) in [6, 6.07) is 0.625. The first-order valence-electron chi connectivity index (χ1n) is 7.58. The van der Waals surface area contributed by atoms with E-state index in [1.807, 2.05) is 0 Å². The number of hydrogen-bond donors (Lipinski definition) is 2. The number of likely N-dealkylation sites (tertiary alicyclic amines) is 2. The molecular formula is C14H25N3O2. The molecule has 2 saturated heterocycles. The highest BCUT2D eigenvalue weighted by Crippen LogP contribution is 2.39. The Morgan fingerprint density at radius 3 is 2.47 bits per heavy atom. The summed E-state index contributed by atoms with van der Waals surface area (Å²) in [6.07, 6.45) is 5.75. The van der Waals surface area contributed by atoms with E-state index in [1.54, 1.807) is 0 Å². The predicted octanol–water partition coefficient (Wildman–Crippen LogP) is 0.349. The van der Waals surface area contributed by atoms with Crippen molar-refractivity contribution in [2.24, 2.45) is 11.7 Å². The standard InChI is InChI=1S/C14H25N3O2/c15-14(13(18)19,11-3-4-11)10-16-8-5-12(9-16)17-6-1-2-7-17/h11-12H,1-10,15H2,(H,18,19). The molecule has 0 aromatic heterocycles. The molecule has 19 heavy (non-hydrogen) atoms. The third-order valence-corrected chi connectivity index (χ3v) is 5.09. The van der Waals surface area contributed by atoms with Crippen molar-refractivity contribution < 1.29 is 9.90 Å². The van der Waals surface area contributed by atoms with E-state index in [-0.39, 0.29) is 5.92 Å². The molecule has 5 heteroatoms. The lowest BCUT2D eigenvalue weighted by molar-refractivity contribution is -0.145. The van der Waals surface area contributed by atoms with Gasteiger partial charge < -0.3 is 10.8 Å². The average Bonchev–Trinajstić information content (AvgIpc) is 2.90. The monoisotopic (exact) mass is 267 g/mol. The van der Waals surface area contributed by atoms with Gasteiger partial charge in [0.1, 0.15) is 5.54 Å². The van der Waals surface area contributed by atoms with Crippen molar-refractivity contribution in [1.82, 2.24) is 9.80 Å². The SMILES string of the molecule is NC(CN1CCC(N2CCCC2)C1)(C(=O)O)C1CC1. The van der Waals surface area contributed by atoms with E-state index >= 15 is 0 Å². The third kappa shape index (κ3) is 2.64. The Balaban J connectivity index is 1.57. The fourth-order valence-corrected chi connectivity index (χ4v) is 3.70. The molecule has 0 aromatic rings. The smallest absolute Gasteiger partial charge is 0.325 e. The molecule has 0 spiro atoms. The molecule has 3 aliphatic rings. The van der Waals surface area contributed by atoms with Crippen molar-refractivity contribution >= 4 is 5.97 Å². The van der Waals surface area contributed by atoms with Crippen molar-refractivity contribution in [2.75, 3.05) is 32.7 Å². The zero-order valence-corrected chi connectivity index (χ0v) is 11.6. The van der Waals surface area contributed by atoms with Crippen LogP contribution in [0, 0.1) is 5.92 Å². The highest BCUT2D eigenvalue weighted by Gasteiger charge is 2.49. The van der Waals surface area contributed by atoms with Gasteiger partial charge in [-0.25, -0.2) is 0 Å². The second-order valence-corrected chi connectivity index (χ2v) is 6.54. The molecule has 1 aliphatic carbocycles. The summed E-state index contributed by atoms with van der Waals surface area (Å²) in [5.41, 5.74) is 5.16. The van der Waals surface area contributed by atoms with Gasteiger partial charge in [0.2, 0.25) is 0 Å². The first-order chi connectivity index (χ1) is 9.09. The van der Waals surface area contributed by atoms with E-state index in [0.29, 0.717) is 12.6 Å². The molecule has 0 aromatic carbocycles.